The van der Waals surface area contributed by atoms with Gasteiger partial charge in [0.15, 0.2) is 0 Å². The minimum Gasteiger partial charge on any atom is -0.320 e. The third kappa shape index (κ3) is 4.44. The summed E-state index contributed by atoms with van der Waals surface area (Å²) in [7, 11) is -3.30. The Bertz CT molecular complexity index is 500. The van der Waals surface area contributed by atoms with E-state index in [9.17, 15) is 8.42 Å². The molecule has 0 saturated heterocycles. The molecule has 1 aromatic rings. The highest BCUT2D eigenvalue weighted by Crippen LogP contribution is 2.06. The summed E-state index contributed by atoms with van der Waals surface area (Å²) in [6, 6.07) is 3.22. The van der Waals surface area contributed by atoms with Gasteiger partial charge in [0.1, 0.15) is 5.82 Å². The van der Waals surface area contributed by atoms with Crippen LogP contribution in [-0.4, -0.2) is 26.2 Å². The van der Waals surface area contributed by atoms with E-state index in [0.29, 0.717) is 5.56 Å². The standard InChI is InChI=1S/C9H11N3O2S/c1-15(13,14)12-9-7-8(3-2-5-10)4-6-11-9/h4,6-7H,5,10H2,1H3,(H,11,12). The van der Waals surface area contributed by atoms with Crippen molar-refractivity contribution in [1.29, 1.82) is 0 Å². The highest BCUT2D eigenvalue weighted by molar-refractivity contribution is 7.92. The summed E-state index contributed by atoms with van der Waals surface area (Å²) < 4.78 is 24.1. The number of rotatable bonds is 2. The minimum atomic E-state index is -3.30. The van der Waals surface area contributed by atoms with E-state index >= 15 is 0 Å². The molecule has 3 N–H and O–H groups in total. The SMILES string of the molecule is CS(=O)(=O)Nc1cc(C#CCN)ccn1. The lowest BCUT2D eigenvalue weighted by molar-refractivity contribution is 0.606. The molecule has 0 amide bonds. The van der Waals surface area contributed by atoms with Crippen molar-refractivity contribution in [2.75, 3.05) is 17.5 Å². The van der Waals surface area contributed by atoms with E-state index in [2.05, 4.69) is 21.5 Å². The molecule has 0 aliphatic heterocycles. The lowest BCUT2D eigenvalue weighted by atomic mass is 10.2. The van der Waals surface area contributed by atoms with E-state index in [1.807, 2.05) is 0 Å². The van der Waals surface area contributed by atoms with Gasteiger partial charge in [0.05, 0.1) is 12.8 Å². The van der Waals surface area contributed by atoms with Gasteiger partial charge in [-0.2, -0.15) is 0 Å². The first-order chi connectivity index (χ1) is 7.01. The third-order valence-corrected chi connectivity index (χ3v) is 1.96. The van der Waals surface area contributed by atoms with Crippen LogP contribution in [0.2, 0.25) is 0 Å². The Balaban J connectivity index is 2.93. The molecule has 0 bridgehead atoms. The van der Waals surface area contributed by atoms with Crippen molar-refractivity contribution >= 4 is 15.8 Å². The Kier molecular flexibility index (Phi) is 3.66. The molecule has 0 fully saturated rings. The van der Waals surface area contributed by atoms with Crippen molar-refractivity contribution in [3.8, 4) is 11.8 Å². The molecular weight excluding hydrogens is 214 g/mol. The molecule has 0 aromatic carbocycles. The van der Waals surface area contributed by atoms with Gasteiger partial charge in [-0.1, -0.05) is 11.8 Å². The summed E-state index contributed by atoms with van der Waals surface area (Å²) in [5.41, 5.74) is 5.88. The predicted molar refractivity (Wildman–Crippen MR) is 58.6 cm³/mol. The zero-order valence-electron chi connectivity index (χ0n) is 8.19. The van der Waals surface area contributed by atoms with Gasteiger partial charge in [0.25, 0.3) is 0 Å². The van der Waals surface area contributed by atoms with Crippen molar-refractivity contribution in [1.82, 2.24) is 4.98 Å². The zero-order chi connectivity index (χ0) is 11.3. The number of nitrogens with one attached hydrogen (secondary N) is 1. The Morgan fingerprint density at radius 3 is 2.93 bits per heavy atom. The van der Waals surface area contributed by atoms with Crippen molar-refractivity contribution < 1.29 is 8.42 Å². The maximum Gasteiger partial charge on any atom is 0.230 e. The third-order valence-electron chi connectivity index (χ3n) is 1.38. The van der Waals surface area contributed by atoms with Crippen LogP contribution in [-0.2, 0) is 10.0 Å². The molecule has 0 aliphatic carbocycles. The van der Waals surface area contributed by atoms with Crippen molar-refractivity contribution in [3.63, 3.8) is 0 Å². The molecule has 1 aromatic heterocycles. The molecule has 6 heteroatoms. The fourth-order valence-electron chi connectivity index (χ4n) is 0.907. The molecule has 0 aliphatic rings. The lowest BCUT2D eigenvalue weighted by Gasteiger charge is -2.01. The first-order valence-electron chi connectivity index (χ1n) is 4.14. The highest BCUT2D eigenvalue weighted by atomic mass is 32.2. The molecule has 0 radical (unpaired) electrons. The van der Waals surface area contributed by atoms with E-state index in [-0.39, 0.29) is 12.4 Å². The first-order valence-corrected chi connectivity index (χ1v) is 6.03. The van der Waals surface area contributed by atoms with Gasteiger partial charge < -0.3 is 5.73 Å². The molecule has 1 heterocycles. The number of nitrogens with zero attached hydrogens (tertiary/aromatic N) is 1. The Hall–Kier alpha value is -1.58. The van der Waals surface area contributed by atoms with E-state index in [4.69, 9.17) is 5.73 Å². The average molecular weight is 225 g/mol. The summed E-state index contributed by atoms with van der Waals surface area (Å²) in [6.45, 7) is 0.261. The van der Waals surface area contributed by atoms with Crippen LogP contribution < -0.4 is 10.5 Å². The van der Waals surface area contributed by atoms with Gasteiger partial charge in [-0.25, -0.2) is 13.4 Å². The molecule has 0 saturated carbocycles. The second-order valence-corrected chi connectivity index (χ2v) is 4.56. The molecular formula is C9H11N3O2S. The maximum atomic E-state index is 10.9. The number of hydrogen-bond donors (Lipinski definition) is 2. The molecule has 5 nitrogen and oxygen atoms in total. The van der Waals surface area contributed by atoms with E-state index in [0.717, 1.165) is 6.26 Å². The maximum absolute atomic E-state index is 10.9. The Morgan fingerprint density at radius 2 is 2.33 bits per heavy atom. The summed E-state index contributed by atoms with van der Waals surface area (Å²) >= 11 is 0. The highest BCUT2D eigenvalue weighted by Gasteiger charge is 2.02. The number of hydrogen-bond acceptors (Lipinski definition) is 4. The van der Waals surface area contributed by atoms with E-state index in [1.54, 1.807) is 12.1 Å². The van der Waals surface area contributed by atoms with Crippen molar-refractivity contribution in [2.24, 2.45) is 5.73 Å². The second-order valence-electron chi connectivity index (χ2n) is 2.81. The quantitative estimate of drug-likeness (QED) is 0.680. The smallest absolute Gasteiger partial charge is 0.230 e. The second kappa shape index (κ2) is 4.77. The van der Waals surface area contributed by atoms with Crippen LogP contribution in [0.4, 0.5) is 5.82 Å². The topological polar surface area (TPSA) is 85.1 Å². The molecule has 0 unspecified atom stereocenters. The largest absolute Gasteiger partial charge is 0.320 e. The van der Waals surface area contributed by atoms with Gasteiger partial charge in [0, 0.05) is 11.8 Å². The number of aromatic nitrogens is 1. The summed E-state index contributed by atoms with van der Waals surface area (Å²) in [5.74, 6) is 5.70. The van der Waals surface area contributed by atoms with E-state index < -0.39 is 10.0 Å². The number of pyridine rings is 1. The van der Waals surface area contributed by atoms with Crippen LogP contribution in [0.3, 0.4) is 0 Å². The Labute approximate surface area is 88.8 Å². The first kappa shape index (κ1) is 11.5. The van der Waals surface area contributed by atoms with Gasteiger partial charge >= 0.3 is 0 Å². The van der Waals surface area contributed by atoms with Crippen molar-refractivity contribution in [2.45, 2.75) is 0 Å². The number of nitrogens with two attached hydrogens (primary N) is 1. The normalized spacial score (nSPS) is 10.3. The fraction of sp³-hybridized carbons (Fsp3) is 0.222. The summed E-state index contributed by atoms with van der Waals surface area (Å²) in [5, 5.41) is 0. The average Bonchev–Trinajstić information content (AvgIpc) is 2.12. The van der Waals surface area contributed by atoms with Crippen LogP contribution in [0.5, 0.6) is 0 Å². The van der Waals surface area contributed by atoms with Crippen LogP contribution in [0.25, 0.3) is 0 Å². The van der Waals surface area contributed by atoms with Gasteiger partial charge in [-0.15, -0.1) is 0 Å². The molecule has 80 valence electrons. The predicted octanol–water partition coefficient (Wildman–Crippen LogP) is -0.237. The van der Waals surface area contributed by atoms with Gasteiger partial charge in [-0.05, 0) is 12.1 Å². The van der Waals surface area contributed by atoms with Crippen LogP contribution in [0.15, 0.2) is 18.3 Å². The minimum absolute atomic E-state index is 0.251. The van der Waals surface area contributed by atoms with Crippen LogP contribution in [0.1, 0.15) is 5.56 Å². The van der Waals surface area contributed by atoms with Gasteiger partial charge in [0.2, 0.25) is 10.0 Å². The fourth-order valence-corrected chi connectivity index (χ4v) is 1.40. The molecule has 15 heavy (non-hydrogen) atoms. The molecule has 0 atom stereocenters. The zero-order valence-corrected chi connectivity index (χ0v) is 9.00. The van der Waals surface area contributed by atoms with Crippen LogP contribution >= 0.6 is 0 Å². The summed E-state index contributed by atoms with van der Waals surface area (Å²) in [4.78, 5) is 3.84. The number of sulfonamides is 1. The monoisotopic (exact) mass is 225 g/mol. The Morgan fingerprint density at radius 1 is 1.60 bits per heavy atom. The van der Waals surface area contributed by atoms with Crippen molar-refractivity contribution in [3.05, 3.63) is 23.9 Å². The van der Waals surface area contributed by atoms with Gasteiger partial charge in [-0.3, -0.25) is 4.72 Å². The summed E-state index contributed by atoms with van der Waals surface area (Å²) in [6.07, 6.45) is 2.54. The number of anilines is 1. The molecule has 1 rings (SSSR count). The van der Waals surface area contributed by atoms with Crippen LogP contribution in [0, 0.1) is 11.8 Å². The van der Waals surface area contributed by atoms with E-state index in [1.165, 1.54) is 6.20 Å². The molecule has 0 spiro atoms. The lowest BCUT2D eigenvalue weighted by Crippen LogP contribution is -2.10.